The van der Waals surface area contributed by atoms with Gasteiger partial charge in [0, 0.05) is 55.3 Å². The third-order valence-corrected chi connectivity index (χ3v) is 9.91. The first-order valence-corrected chi connectivity index (χ1v) is 16.7. The number of fused-ring (bicyclic) bond motifs is 2. The van der Waals surface area contributed by atoms with Crippen LogP contribution in [0.3, 0.4) is 0 Å². The van der Waals surface area contributed by atoms with Crippen LogP contribution in [0.4, 0.5) is 5.69 Å². The Morgan fingerprint density at radius 3 is 2.47 bits per heavy atom. The van der Waals surface area contributed by atoms with Gasteiger partial charge < -0.3 is 25.5 Å². The van der Waals surface area contributed by atoms with Crippen molar-refractivity contribution < 1.29 is 24.3 Å². The van der Waals surface area contributed by atoms with Gasteiger partial charge in [0.25, 0.3) is 11.8 Å². The van der Waals surface area contributed by atoms with E-state index in [2.05, 4.69) is 10.6 Å². The van der Waals surface area contributed by atoms with Crippen molar-refractivity contribution in [3.8, 4) is 0 Å². The summed E-state index contributed by atoms with van der Waals surface area (Å²) in [5.41, 5.74) is 2.03. The van der Waals surface area contributed by atoms with E-state index in [-0.39, 0.29) is 35.7 Å². The summed E-state index contributed by atoms with van der Waals surface area (Å²) < 4.78 is 0. The summed E-state index contributed by atoms with van der Waals surface area (Å²) in [6.45, 7) is 4.91. The fourth-order valence-electron chi connectivity index (χ4n) is 7.38. The van der Waals surface area contributed by atoms with Gasteiger partial charge in [-0.25, -0.2) is 0 Å². The van der Waals surface area contributed by atoms with E-state index in [1.807, 2.05) is 44.2 Å². The van der Waals surface area contributed by atoms with E-state index in [0.29, 0.717) is 49.5 Å². The second kappa shape index (κ2) is 14.6. The maximum atomic E-state index is 13.9. The molecule has 3 N–H and O–H groups in total. The van der Waals surface area contributed by atoms with Crippen molar-refractivity contribution in [2.45, 2.75) is 89.8 Å². The smallest absolute Gasteiger partial charge is 0.253 e. The Morgan fingerprint density at radius 1 is 1.07 bits per heavy atom. The van der Waals surface area contributed by atoms with Crippen molar-refractivity contribution in [3.63, 3.8) is 0 Å². The Balaban J connectivity index is 1.34. The molecule has 0 spiro atoms. The number of aliphatic hydroxyl groups excluding tert-OH is 1. The summed E-state index contributed by atoms with van der Waals surface area (Å²) in [6.07, 6.45) is 6.17. The van der Waals surface area contributed by atoms with E-state index in [9.17, 15) is 24.3 Å². The molecular weight excluding hydrogens is 568 g/mol. The Kier molecular flexibility index (Phi) is 10.6. The van der Waals surface area contributed by atoms with Crippen LogP contribution in [0.15, 0.2) is 48.5 Å². The van der Waals surface area contributed by atoms with E-state index in [1.54, 1.807) is 35.0 Å². The van der Waals surface area contributed by atoms with Crippen LogP contribution in [0.2, 0.25) is 0 Å². The monoisotopic (exact) mass is 616 g/mol. The first kappa shape index (κ1) is 32.7. The highest BCUT2D eigenvalue weighted by Crippen LogP contribution is 2.44. The minimum Gasteiger partial charge on any atom is -0.391 e. The number of benzene rings is 2. The molecule has 0 radical (unpaired) electrons. The number of nitrogens with one attached hydrogen (secondary N) is 2. The molecule has 2 aromatic rings. The lowest BCUT2D eigenvalue weighted by atomic mass is 9.91. The molecule has 4 unspecified atom stereocenters. The number of carbonyl (C=O) groups is 4. The van der Waals surface area contributed by atoms with Gasteiger partial charge in [-0.2, -0.15) is 0 Å². The highest BCUT2D eigenvalue weighted by molar-refractivity contribution is 6.03. The molecule has 6 atom stereocenters. The predicted octanol–water partition coefficient (Wildman–Crippen LogP) is 4.33. The van der Waals surface area contributed by atoms with Crippen LogP contribution in [0.1, 0.15) is 91.5 Å². The summed E-state index contributed by atoms with van der Waals surface area (Å²) in [6, 6.07) is 14.0. The number of carbonyl (C=O) groups excluding carboxylic acids is 4. The molecule has 2 aliphatic carbocycles. The van der Waals surface area contributed by atoms with Gasteiger partial charge in [0.2, 0.25) is 11.8 Å². The Hall–Kier alpha value is -3.72. The Bertz CT molecular complexity index is 1380. The Morgan fingerprint density at radius 2 is 1.82 bits per heavy atom. The van der Waals surface area contributed by atoms with E-state index < -0.39 is 24.0 Å². The zero-order chi connectivity index (χ0) is 32.1. The molecule has 3 fully saturated rings. The SMILES string of the molecule is CCCN(C)C(=O)c1cc(C(=O)NC(Cc2ccccc2)[C@@H](O)C[C@@H](C)C(=O)NC2CC3CCC2C3)cc(N2CCCC2=O)c1. The summed E-state index contributed by atoms with van der Waals surface area (Å²) in [5.74, 6) is 0.0760. The van der Waals surface area contributed by atoms with Crippen molar-refractivity contribution in [2.24, 2.45) is 17.8 Å². The molecular formula is C36H48N4O5. The summed E-state index contributed by atoms with van der Waals surface area (Å²) >= 11 is 0. The summed E-state index contributed by atoms with van der Waals surface area (Å²) in [4.78, 5) is 56.2. The lowest BCUT2D eigenvalue weighted by Crippen LogP contribution is -2.47. The van der Waals surface area contributed by atoms with Crippen LogP contribution in [-0.4, -0.2) is 72.0 Å². The fraction of sp³-hybridized carbons (Fsp3) is 0.556. The number of aliphatic hydroxyl groups is 1. The highest BCUT2D eigenvalue weighted by atomic mass is 16.3. The maximum absolute atomic E-state index is 13.9. The molecule has 0 aromatic heterocycles. The molecule has 45 heavy (non-hydrogen) atoms. The number of nitrogens with zero attached hydrogens (tertiary/aromatic N) is 2. The zero-order valence-electron chi connectivity index (χ0n) is 26.8. The van der Waals surface area contributed by atoms with Crippen molar-refractivity contribution >= 4 is 29.3 Å². The molecule has 1 saturated heterocycles. The van der Waals surface area contributed by atoms with Crippen LogP contribution < -0.4 is 15.5 Å². The predicted molar refractivity (Wildman–Crippen MR) is 174 cm³/mol. The minimum absolute atomic E-state index is 0.0389. The fourth-order valence-corrected chi connectivity index (χ4v) is 7.38. The van der Waals surface area contributed by atoms with E-state index >= 15 is 0 Å². The van der Waals surface area contributed by atoms with Crippen LogP contribution in [0.25, 0.3) is 0 Å². The number of hydrogen-bond donors (Lipinski definition) is 3. The molecule has 242 valence electrons. The van der Waals surface area contributed by atoms with Gasteiger partial charge in [-0.15, -0.1) is 0 Å². The highest BCUT2D eigenvalue weighted by Gasteiger charge is 2.40. The quantitative estimate of drug-likeness (QED) is 0.310. The normalized spacial score (nSPS) is 22.6. The summed E-state index contributed by atoms with van der Waals surface area (Å²) in [5, 5.41) is 17.7. The second-order valence-electron chi connectivity index (χ2n) is 13.4. The topological polar surface area (TPSA) is 119 Å². The molecule has 2 aromatic carbocycles. The van der Waals surface area contributed by atoms with Crippen molar-refractivity contribution in [1.29, 1.82) is 0 Å². The average molecular weight is 617 g/mol. The van der Waals surface area contributed by atoms with Crippen molar-refractivity contribution in [1.82, 2.24) is 15.5 Å². The first-order chi connectivity index (χ1) is 21.6. The van der Waals surface area contributed by atoms with E-state index in [1.165, 1.54) is 19.3 Å². The standard InChI is InChI=1S/C36H48N4O5/c1-4-14-39(3)36(45)28-20-27(21-29(22-28)40-15-8-11-33(40)42)35(44)38-31(18-24-9-6-5-7-10-24)32(41)16-23(2)34(43)37-30-19-25-12-13-26(30)17-25/h5-7,9-10,20-23,25-26,30-32,41H,4,8,11-19H2,1-3H3,(H,37,43)(H,38,44)/t23-,25?,26?,30?,31?,32+/m1/s1. The maximum Gasteiger partial charge on any atom is 0.253 e. The Labute approximate surface area is 266 Å². The van der Waals surface area contributed by atoms with Crippen LogP contribution in [-0.2, 0) is 16.0 Å². The summed E-state index contributed by atoms with van der Waals surface area (Å²) in [7, 11) is 1.72. The van der Waals surface area contributed by atoms with E-state index in [4.69, 9.17) is 0 Å². The molecule has 1 heterocycles. The molecule has 5 rings (SSSR count). The van der Waals surface area contributed by atoms with E-state index in [0.717, 1.165) is 24.3 Å². The number of rotatable bonds is 13. The molecule has 3 aliphatic rings. The number of anilines is 1. The number of amides is 4. The zero-order valence-corrected chi connectivity index (χ0v) is 26.8. The molecule has 2 bridgehead atoms. The third kappa shape index (κ3) is 7.93. The minimum atomic E-state index is -0.991. The van der Waals surface area contributed by atoms with Gasteiger partial charge in [-0.3, -0.25) is 19.2 Å². The van der Waals surface area contributed by atoms with Gasteiger partial charge in [0.1, 0.15) is 0 Å². The lowest BCUT2D eigenvalue weighted by molar-refractivity contribution is -0.126. The average Bonchev–Trinajstić information content (AvgIpc) is 3.78. The molecule has 4 amide bonds. The van der Waals surface area contributed by atoms with Gasteiger partial charge in [-0.05, 0) is 80.5 Å². The van der Waals surface area contributed by atoms with Gasteiger partial charge >= 0.3 is 0 Å². The molecule has 2 saturated carbocycles. The lowest BCUT2D eigenvalue weighted by Gasteiger charge is -2.28. The van der Waals surface area contributed by atoms with Crippen molar-refractivity contribution in [3.05, 3.63) is 65.2 Å². The second-order valence-corrected chi connectivity index (χ2v) is 13.4. The molecule has 1 aliphatic heterocycles. The van der Waals surface area contributed by atoms with Crippen LogP contribution in [0, 0.1) is 17.8 Å². The van der Waals surface area contributed by atoms with Crippen molar-refractivity contribution in [2.75, 3.05) is 25.0 Å². The van der Waals surface area contributed by atoms with Gasteiger partial charge in [-0.1, -0.05) is 50.6 Å². The molecule has 9 nitrogen and oxygen atoms in total. The molecule has 9 heteroatoms. The third-order valence-electron chi connectivity index (χ3n) is 9.91. The largest absolute Gasteiger partial charge is 0.391 e. The van der Waals surface area contributed by atoms with Gasteiger partial charge in [0.05, 0.1) is 12.1 Å². The van der Waals surface area contributed by atoms with Gasteiger partial charge in [0.15, 0.2) is 0 Å². The first-order valence-electron chi connectivity index (χ1n) is 16.7. The number of hydrogen-bond acceptors (Lipinski definition) is 5. The van der Waals surface area contributed by atoms with Crippen LogP contribution in [0.5, 0.6) is 0 Å². The van der Waals surface area contributed by atoms with Crippen LogP contribution >= 0.6 is 0 Å².